The van der Waals surface area contributed by atoms with Crippen LogP contribution in [0.25, 0.3) is 0 Å². The summed E-state index contributed by atoms with van der Waals surface area (Å²) in [4.78, 5) is 0.376. The second-order valence-corrected chi connectivity index (χ2v) is 7.30. The molecule has 0 amide bonds. The van der Waals surface area contributed by atoms with Crippen LogP contribution < -0.4 is 5.32 Å². The van der Waals surface area contributed by atoms with Gasteiger partial charge in [0, 0.05) is 11.3 Å². The summed E-state index contributed by atoms with van der Waals surface area (Å²) in [6.45, 7) is 1.99. The lowest BCUT2D eigenvalue weighted by atomic mass is 9.92. The van der Waals surface area contributed by atoms with Gasteiger partial charge in [0.05, 0.1) is 4.90 Å². The maximum absolute atomic E-state index is 11.8. The van der Waals surface area contributed by atoms with Crippen molar-refractivity contribution in [1.82, 2.24) is 5.32 Å². The van der Waals surface area contributed by atoms with Crippen LogP contribution in [-0.4, -0.2) is 27.8 Å². The minimum atomic E-state index is -3.21. The molecule has 1 aromatic carbocycles. The van der Waals surface area contributed by atoms with Crippen LogP contribution in [0.2, 0.25) is 5.02 Å². The molecule has 1 aromatic rings. The number of rotatable bonds is 3. The summed E-state index contributed by atoms with van der Waals surface area (Å²) in [5.74, 6) is 0.471. The molecule has 1 heterocycles. The van der Waals surface area contributed by atoms with E-state index in [0.717, 1.165) is 37.9 Å². The Labute approximate surface area is 113 Å². The zero-order valence-corrected chi connectivity index (χ0v) is 12.0. The fourth-order valence-electron chi connectivity index (χ4n) is 2.47. The molecule has 1 atom stereocenters. The zero-order valence-electron chi connectivity index (χ0n) is 10.4. The van der Waals surface area contributed by atoms with Crippen molar-refractivity contribution in [3.05, 3.63) is 28.8 Å². The van der Waals surface area contributed by atoms with Crippen LogP contribution in [0.15, 0.2) is 23.1 Å². The molecule has 1 saturated heterocycles. The molecule has 0 bridgehead atoms. The minimum absolute atomic E-state index is 0.376. The van der Waals surface area contributed by atoms with E-state index in [9.17, 15) is 8.42 Å². The van der Waals surface area contributed by atoms with Crippen molar-refractivity contribution >= 4 is 21.4 Å². The van der Waals surface area contributed by atoms with Gasteiger partial charge in [-0.1, -0.05) is 17.7 Å². The van der Waals surface area contributed by atoms with Gasteiger partial charge < -0.3 is 5.32 Å². The van der Waals surface area contributed by atoms with E-state index in [2.05, 4.69) is 5.32 Å². The second kappa shape index (κ2) is 5.59. The van der Waals surface area contributed by atoms with Gasteiger partial charge in [-0.25, -0.2) is 8.42 Å². The van der Waals surface area contributed by atoms with E-state index < -0.39 is 9.84 Å². The first-order valence-corrected chi connectivity index (χ1v) is 8.43. The molecule has 18 heavy (non-hydrogen) atoms. The molecule has 1 aliphatic rings. The van der Waals surface area contributed by atoms with E-state index in [4.69, 9.17) is 11.6 Å². The number of halogens is 1. The molecule has 0 saturated carbocycles. The standard InChI is InChI=1S/C13H18ClNO2S/c1-18(16,17)13-6-2-5-12(14)11(13)8-10-4-3-7-15-9-10/h2,5-6,10,15H,3-4,7-9H2,1H3. The molecule has 100 valence electrons. The summed E-state index contributed by atoms with van der Waals surface area (Å²) >= 11 is 6.17. The van der Waals surface area contributed by atoms with Gasteiger partial charge in [-0.15, -0.1) is 0 Å². The van der Waals surface area contributed by atoms with Crippen LogP contribution in [0.4, 0.5) is 0 Å². The van der Waals surface area contributed by atoms with Gasteiger partial charge >= 0.3 is 0 Å². The van der Waals surface area contributed by atoms with Crippen LogP contribution in [0.3, 0.4) is 0 Å². The van der Waals surface area contributed by atoms with Gasteiger partial charge in [-0.3, -0.25) is 0 Å². The van der Waals surface area contributed by atoms with Gasteiger partial charge in [-0.05, 0) is 56.0 Å². The van der Waals surface area contributed by atoms with Gasteiger partial charge in [0.25, 0.3) is 0 Å². The number of hydrogen-bond donors (Lipinski definition) is 1. The molecule has 0 spiro atoms. The Hall–Kier alpha value is -0.580. The third kappa shape index (κ3) is 3.25. The van der Waals surface area contributed by atoms with Crippen LogP contribution in [-0.2, 0) is 16.3 Å². The lowest BCUT2D eigenvalue weighted by Gasteiger charge is -2.24. The van der Waals surface area contributed by atoms with Crippen molar-refractivity contribution in [2.45, 2.75) is 24.2 Å². The highest BCUT2D eigenvalue weighted by molar-refractivity contribution is 7.90. The van der Waals surface area contributed by atoms with E-state index in [-0.39, 0.29) is 0 Å². The molecular formula is C13H18ClNO2S. The summed E-state index contributed by atoms with van der Waals surface area (Å²) in [5, 5.41) is 3.90. The fraction of sp³-hybridized carbons (Fsp3) is 0.538. The van der Waals surface area contributed by atoms with Crippen LogP contribution in [0.1, 0.15) is 18.4 Å². The van der Waals surface area contributed by atoms with E-state index in [1.165, 1.54) is 6.26 Å². The quantitative estimate of drug-likeness (QED) is 0.928. The monoisotopic (exact) mass is 287 g/mol. The number of sulfone groups is 1. The Morgan fingerprint density at radius 3 is 2.83 bits per heavy atom. The van der Waals surface area contributed by atoms with E-state index in [0.29, 0.717) is 15.8 Å². The first kappa shape index (κ1) is 13.8. The van der Waals surface area contributed by atoms with Gasteiger partial charge in [0.15, 0.2) is 9.84 Å². The number of hydrogen-bond acceptors (Lipinski definition) is 3. The molecule has 0 radical (unpaired) electrons. The van der Waals surface area contributed by atoms with Crippen molar-refractivity contribution in [3.8, 4) is 0 Å². The first-order chi connectivity index (χ1) is 8.48. The van der Waals surface area contributed by atoms with Crippen molar-refractivity contribution in [1.29, 1.82) is 0 Å². The fourth-order valence-corrected chi connectivity index (χ4v) is 3.75. The topological polar surface area (TPSA) is 46.2 Å². The Morgan fingerprint density at radius 1 is 1.44 bits per heavy atom. The van der Waals surface area contributed by atoms with E-state index in [1.807, 2.05) is 0 Å². The molecule has 1 N–H and O–H groups in total. The molecule has 0 aromatic heterocycles. The summed E-state index contributed by atoms with van der Waals surface area (Å²) in [7, 11) is -3.21. The molecule has 1 unspecified atom stereocenters. The smallest absolute Gasteiger partial charge is 0.175 e. The van der Waals surface area contributed by atoms with Crippen LogP contribution in [0, 0.1) is 5.92 Å². The van der Waals surface area contributed by atoms with Gasteiger partial charge in [-0.2, -0.15) is 0 Å². The highest BCUT2D eigenvalue weighted by Crippen LogP contribution is 2.28. The van der Waals surface area contributed by atoms with E-state index >= 15 is 0 Å². The predicted molar refractivity (Wildman–Crippen MR) is 73.9 cm³/mol. The van der Waals surface area contributed by atoms with Crippen LogP contribution >= 0.6 is 11.6 Å². The zero-order chi connectivity index (χ0) is 13.2. The van der Waals surface area contributed by atoms with E-state index in [1.54, 1.807) is 18.2 Å². The Bertz CT molecular complexity index is 522. The van der Waals surface area contributed by atoms with Crippen molar-refractivity contribution in [2.24, 2.45) is 5.92 Å². The van der Waals surface area contributed by atoms with Crippen molar-refractivity contribution < 1.29 is 8.42 Å². The number of benzene rings is 1. The lowest BCUT2D eigenvalue weighted by molar-refractivity contribution is 0.374. The normalized spacial score (nSPS) is 20.9. The SMILES string of the molecule is CS(=O)(=O)c1cccc(Cl)c1CC1CCCNC1. The largest absolute Gasteiger partial charge is 0.316 e. The molecule has 1 fully saturated rings. The molecule has 2 rings (SSSR count). The second-order valence-electron chi connectivity index (χ2n) is 4.91. The Morgan fingerprint density at radius 2 is 2.22 bits per heavy atom. The highest BCUT2D eigenvalue weighted by Gasteiger charge is 2.20. The molecule has 5 heteroatoms. The highest BCUT2D eigenvalue weighted by atomic mass is 35.5. The van der Waals surface area contributed by atoms with Gasteiger partial charge in [0.2, 0.25) is 0 Å². The third-order valence-corrected chi connectivity index (χ3v) is 4.90. The van der Waals surface area contributed by atoms with Gasteiger partial charge in [0.1, 0.15) is 0 Å². The van der Waals surface area contributed by atoms with Crippen LogP contribution in [0.5, 0.6) is 0 Å². The molecule has 3 nitrogen and oxygen atoms in total. The maximum Gasteiger partial charge on any atom is 0.175 e. The molecule has 0 aliphatic carbocycles. The maximum atomic E-state index is 11.8. The lowest BCUT2D eigenvalue weighted by Crippen LogP contribution is -2.31. The van der Waals surface area contributed by atoms with Crippen molar-refractivity contribution in [2.75, 3.05) is 19.3 Å². The summed E-state index contributed by atoms with van der Waals surface area (Å²) in [6, 6.07) is 5.11. The predicted octanol–water partition coefficient (Wildman–Crippen LogP) is 2.29. The first-order valence-electron chi connectivity index (χ1n) is 6.16. The number of nitrogens with one attached hydrogen (secondary N) is 1. The summed E-state index contributed by atoms with van der Waals surface area (Å²) in [5.41, 5.74) is 0.773. The van der Waals surface area contributed by atoms with Crippen molar-refractivity contribution in [3.63, 3.8) is 0 Å². The molecule has 1 aliphatic heterocycles. The minimum Gasteiger partial charge on any atom is -0.316 e. The summed E-state index contributed by atoms with van der Waals surface area (Å²) in [6.07, 6.45) is 4.24. The third-order valence-electron chi connectivity index (χ3n) is 3.37. The Kier molecular flexibility index (Phi) is 4.30. The molecular weight excluding hydrogens is 270 g/mol. The summed E-state index contributed by atoms with van der Waals surface area (Å²) < 4.78 is 23.5. The Balaban J connectivity index is 2.31. The average Bonchev–Trinajstić information content (AvgIpc) is 2.32. The average molecular weight is 288 g/mol. The number of piperidine rings is 1.